The van der Waals surface area contributed by atoms with E-state index in [1.165, 1.54) is 24.5 Å². The number of rotatable bonds is 2. The highest BCUT2D eigenvalue weighted by molar-refractivity contribution is 5.78. The Bertz CT molecular complexity index is 520. The summed E-state index contributed by atoms with van der Waals surface area (Å²) in [6, 6.07) is 4.99. The van der Waals surface area contributed by atoms with Crippen LogP contribution in [0.3, 0.4) is 0 Å². The summed E-state index contributed by atoms with van der Waals surface area (Å²) in [6.07, 6.45) is 3.22. The summed E-state index contributed by atoms with van der Waals surface area (Å²) in [5.41, 5.74) is 0.360. The van der Waals surface area contributed by atoms with Gasteiger partial charge in [-0.15, -0.1) is 0 Å². The van der Waals surface area contributed by atoms with Crippen molar-refractivity contribution in [2.45, 2.75) is 0 Å². The summed E-state index contributed by atoms with van der Waals surface area (Å²) < 4.78 is 26.8. The summed E-state index contributed by atoms with van der Waals surface area (Å²) >= 11 is 0. The zero-order valence-corrected chi connectivity index (χ0v) is 8.15. The Labute approximate surface area is 90.6 Å². The normalized spacial score (nSPS) is 10.1. The predicted octanol–water partition coefficient (Wildman–Crippen LogP) is 2.84. The largest absolute Gasteiger partial charge is 0.298 e. The number of nitrogens with zero attached hydrogens (tertiary/aromatic N) is 1. The molecule has 0 fully saturated rings. The van der Waals surface area contributed by atoms with E-state index in [0.717, 1.165) is 12.1 Å². The minimum Gasteiger partial charge on any atom is -0.298 e. The molecule has 0 N–H and O–H groups in total. The predicted molar refractivity (Wildman–Crippen MR) is 55.0 cm³/mol. The number of halogens is 2. The maximum Gasteiger partial charge on any atom is 0.151 e. The van der Waals surface area contributed by atoms with E-state index in [0.29, 0.717) is 6.29 Å². The van der Waals surface area contributed by atoms with Crippen LogP contribution in [0, 0.1) is 11.6 Å². The number of carbonyl (C=O) groups is 1. The van der Waals surface area contributed by atoms with Gasteiger partial charge in [0.1, 0.15) is 11.6 Å². The van der Waals surface area contributed by atoms with E-state index in [9.17, 15) is 13.6 Å². The SMILES string of the molecule is O=Cc1cncc(-c2c(F)cccc2F)c1. The van der Waals surface area contributed by atoms with Crippen molar-refractivity contribution in [3.8, 4) is 11.1 Å². The van der Waals surface area contributed by atoms with Crippen LogP contribution in [0.1, 0.15) is 10.4 Å². The van der Waals surface area contributed by atoms with Gasteiger partial charge in [0.2, 0.25) is 0 Å². The lowest BCUT2D eigenvalue weighted by molar-refractivity contribution is 0.112. The van der Waals surface area contributed by atoms with E-state index in [2.05, 4.69) is 4.98 Å². The van der Waals surface area contributed by atoms with E-state index in [4.69, 9.17) is 0 Å². The molecule has 2 rings (SSSR count). The third-order valence-electron chi connectivity index (χ3n) is 2.15. The summed E-state index contributed by atoms with van der Waals surface area (Å²) in [5.74, 6) is -1.35. The smallest absolute Gasteiger partial charge is 0.151 e. The van der Waals surface area contributed by atoms with Gasteiger partial charge in [-0.05, 0) is 18.2 Å². The molecule has 16 heavy (non-hydrogen) atoms. The summed E-state index contributed by atoms with van der Waals surface area (Å²) in [4.78, 5) is 14.3. The molecule has 1 aromatic carbocycles. The molecule has 0 aliphatic carbocycles. The summed E-state index contributed by atoms with van der Waals surface area (Å²) in [5, 5.41) is 0. The van der Waals surface area contributed by atoms with Crippen molar-refractivity contribution in [1.29, 1.82) is 0 Å². The second-order valence-electron chi connectivity index (χ2n) is 3.22. The van der Waals surface area contributed by atoms with Crippen LogP contribution >= 0.6 is 0 Å². The van der Waals surface area contributed by atoms with Crippen molar-refractivity contribution >= 4 is 6.29 Å². The molecule has 0 saturated carbocycles. The number of aldehydes is 1. The number of carbonyl (C=O) groups excluding carboxylic acids is 1. The second kappa shape index (κ2) is 4.18. The van der Waals surface area contributed by atoms with E-state index >= 15 is 0 Å². The third kappa shape index (κ3) is 1.82. The molecule has 1 heterocycles. The molecule has 80 valence electrons. The molecule has 0 unspecified atom stereocenters. The Balaban J connectivity index is 2.62. The Morgan fingerprint density at radius 1 is 1.12 bits per heavy atom. The molecule has 1 aromatic heterocycles. The Kier molecular flexibility index (Phi) is 2.72. The van der Waals surface area contributed by atoms with Gasteiger partial charge >= 0.3 is 0 Å². The maximum atomic E-state index is 13.4. The standard InChI is InChI=1S/C12H7F2NO/c13-10-2-1-3-11(14)12(10)9-4-8(7-16)5-15-6-9/h1-7H. The highest BCUT2D eigenvalue weighted by Gasteiger charge is 2.11. The van der Waals surface area contributed by atoms with Gasteiger partial charge in [-0.2, -0.15) is 0 Å². The van der Waals surface area contributed by atoms with Crippen LogP contribution in [0.5, 0.6) is 0 Å². The Morgan fingerprint density at radius 2 is 1.81 bits per heavy atom. The van der Waals surface area contributed by atoms with Crippen molar-refractivity contribution in [3.63, 3.8) is 0 Å². The van der Waals surface area contributed by atoms with Crippen molar-refractivity contribution in [3.05, 3.63) is 53.9 Å². The number of benzene rings is 1. The van der Waals surface area contributed by atoms with Crippen LogP contribution in [0.15, 0.2) is 36.7 Å². The van der Waals surface area contributed by atoms with Gasteiger partial charge in [-0.25, -0.2) is 8.78 Å². The Morgan fingerprint density at radius 3 is 2.44 bits per heavy atom. The highest BCUT2D eigenvalue weighted by Crippen LogP contribution is 2.25. The van der Waals surface area contributed by atoms with Crippen molar-refractivity contribution in [2.75, 3.05) is 0 Å². The molecule has 4 heteroatoms. The first-order valence-electron chi connectivity index (χ1n) is 4.57. The molecule has 0 aliphatic rings. The lowest BCUT2D eigenvalue weighted by Crippen LogP contribution is -1.92. The van der Waals surface area contributed by atoms with E-state index in [1.54, 1.807) is 0 Å². The Hall–Kier alpha value is -2.10. The number of pyridine rings is 1. The molecule has 0 aliphatic heterocycles. The maximum absolute atomic E-state index is 13.4. The van der Waals surface area contributed by atoms with Crippen molar-refractivity contribution < 1.29 is 13.6 Å². The molecule has 2 aromatic rings. The molecule has 0 radical (unpaired) electrons. The summed E-state index contributed by atoms with van der Waals surface area (Å²) in [7, 11) is 0. The lowest BCUT2D eigenvalue weighted by Gasteiger charge is -2.04. The highest BCUT2D eigenvalue weighted by atomic mass is 19.1. The monoisotopic (exact) mass is 219 g/mol. The first kappa shape index (κ1) is 10.4. The first-order chi connectivity index (χ1) is 7.72. The lowest BCUT2D eigenvalue weighted by atomic mass is 10.1. The van der Waals surface area contributed by atoms with Crippen LogP contribution in [-0.4, -0.2) is 11.3 Å². The quantitative estimate of drug-likeness (QED) is 0.727. The molecule has 0 bridgehead atoms. The van der Waals surface area contributed by atoms with Crippen LogP contribution < -0.4 is 0 Å². The van der Waals surface area contributed by atoms with Gasteiger partial charge in [0.15, 0.2) is 6.29 Å². The fourth-order valence-electron chi connectivity index (χ4n) is 1.43. The average Bonchev–Trinajstić information content (AvgIpc) is 2.29. The van der Waals surface area contributed by atoms with Gasteiger partial charge in [-0.3, -0.25) is 9.78 Å². The molecule has 2 nitrogen and oxygen atoms in total. The molecule has 0 spiro atoms. The number of aromatic nitrogens is 1. The zero-order chi connectivity index (χ0) is 11.5. The van der Waals surface area contributed by atoms with Crippen molar-refractivity contribution in [2.24, 2.45) is 0 Å². The van der Waals surface area contributed by atoms with Crippen LogP contribution in [0.2, 0.25) is 0 Å². The zero-order valence-electron chi connectivity index (χ0n) is 8.15. The summed E-state index contributed by atoms with van der Waals surface area (Å²) in [6.45, 7) is 0. The van der Waals surface area contributed by atoms with Crippen molar-refractivity contribution in [1.82, 2.24) is 4.98 Å². The molecule has 0 atom stereocenters. The molecular formula is C12H7F2NO. The van der Waals surface area contributed by atoms with Gasteiger partial charge in [0.05, 0.1) is 5.56 Å². The van der Waals surface area contributed by atoms with Crippen LogP contribution in [0.25, 0.3) is 11.1 Å². The van der Waals surface area contributed by atoms with Gasteiger partial charge in [0, 0.05) is 23.5 Å². The first-order valence-corrected chi connectivity index (χ1v) is 4.57. The second-order valence-corrected chi connectivity index (χ2v) is 3.22. The number of hydrogen-bond acceptors (Lipinski definition) is 2. The fourth-order valence-corrected chi connectivity index (χ4v) is 1.43. The fraction of sp³-hybridized carbons (Fsp3) is 0. The average molecular weight is 219 g/mol. The van der Waals surface area contributed by atoms with Gasteiger partial charge < -0.3 is 0 Å². The topological polar surface area (TPSA) is 30.0 Å². The third-order valence-corrected chi connectivity index (χ3v) is 2.15. The van der Waals surface area contributed by atoms with E-state index in [1.807, 2.05) is 0 Å². The van der Waals surface area contributed by atoms with Crippen LogP contribution in [-0.2, 0) is 0 Å². The van der Waals surface area contributed by atoms with Gasteiger partial charge in [-0.1, -0.05) is 6.07 Å². The van der Waals surface area contributed by atoms with Gasteiger partial charge in [0.25, 0.3) is 0 Å². The molecule has 0 saturated heterocycles. The van der Waals surface area contributed by atoms with E-state index < -0.39 is 11.6 Å². The molecule has 0 amide bonds. The minimum absolute atomic E-state index is 0.168. The number of hydrogen-bond donors (Lipinski definition) is 0. The van der Waals surface area contributed by atoms with Crippen LogP contribution in [0.4, 0.5) is 8.78 Å². The molecular weight excluding hydrogens is 212 g/mol. The van der Waals surface area contributed by atoms with E-state index in [-0.39, 0.29) is 16.7 Å². The minimum atomic E-state index is -0.676.